The molecule has 5 heteroatoms. The molecule has 1 aromatic heterocycles. The van der Waals surface area contributed by atoms with Gasteiger partial charge in [-0.2, -0.15) is 0 Å². The Bertz CT molecular complexity index is 1280. The first-order valence-electron chi connectivity index (χ1n) is 9.41. The van der Waals surface area contributed by atoms with Crippen molar-refractivity contribution < 1.29 is 0 Å². The fourth-order valence-corrected chi connectivity index (χ4v) is 4.60. The van der Waals surface area contributed by atoms with E-state index in [1.165, 1.54) is 16.7 Å². The zero-order valence-corrected chi connectivity index (χ0v) is 18.1. The van der Waals surface area contributed by atoms with Gasteiger partial charge in [-0.15, -0.1) is 0 Å². The van der Waals surface area contributed by atoms with Crippen molar-refractivity contribution in [2.24, 2.45) is 0 Å². The minimum atomic E-state index is -0.0792. The molecule has 0 spiro atoms. The van der Waals surface area contributed by atoms with Gasteiger partial charge in [0.2, 0.25) is 0 Å². The van der Waals surface area contributed by atoms with Gasteiger partial charge in [-0.25, -0.2) is 4.98 Å². The molecular weight excluding hydrogens is 400 g/mol. The summed E-state index contributed by atoms with van der Waals surface area (Å²) in [5.74, 6) is 0.734. The highest BCUT2D eigenvalue weighted by Gasteiger charge is 2.15. The molecule has 146 valence electrons. The Morgan fingerprint density at radius 3 is 2.55 bits per heavy atom. The summed E-state index contributed by atoms with van der Waals surface area (Å²) in [6.07, 6.45) is 0. The molecule has 0 aliphatic heterocycles. The maximum absolute atomic E-state index is 13.4. The summed E-state index contributed by atoms with van der Waals surface area (Å²) in [5, 5.41) is 1.80. The van der Waals surface area contributed by atoms with Gasteiger partial charge in [0.1, 0.15) is 0 Å². The number of rotatable bonds is 4. The second-order valence-corrected chi connectivity index (χ2v) is 8.58. The average molecular weight is 421 g/mol. The predicted molar refractivity (Wildman–Crippen MR) is 123 cm³/mol. The molecule has 3 aromatic carbocycles. The van der Waals surface area contributed by atoms with Gasteiger partial charge in [0.15, 0.2) is 5.16 Å². The summed E-state index contributed by atoms with van der Waals surface area (Å²) < 4.78 is 1.72. The van der Waals surface area contributed by atoms with E-state index in [1.54, 1.807) is 34.5 Å². The maximum Gasteiger partial charge on any atom is 0.266 e. The first-order valence-corrected chi connectivity index (χ1v) is 10.8. The maximum atomic E-state index is 13.4. The van der Waals surface area contributed by atoms with Crippen molar-refractivity contribution in [2.75, 3.05) is 0 Å². The Morgan fingerprint density at radius 2 is 1.76 bits per heavy atom. The molecule has 0 saturated carbocycles. The minimum absolute atomic E-state index is 0.0792. The van der Waals surface area contributed by atoms with Gasteiger partial charge in [-0.05, 0) is 61.7 Å². The number of halogens is 1. The molecule has 4 aromatic rings. The predicted octanol–water partition coefficient (Wildman–Crippen LogP) is 6.26. The summed E-state index contributed by atoms with van der Waals surface area (Å²) in [5.41, 5.74) is 6.12. The van der Waals surface area contributed by atoms with Gasteiger partial charge in [0, 0.05) is 10.8 Å². The molecule has 0 atom stereocenters. The summed E-state index contributed by atoms with van der Waals surface area (Å²) in [7, 11) is 0. The molecule has 0 fully saturated rings. The molecular formula is C24H21ClN2OS. The number of hydrogen-bond donors (Lipinski definition) is 0. The average Bonchev–Trinajstić information content (AvgIpc) is 2.69. The van der Waals surface area contributed by atoms with E-state index in [0.717, 1.165) is 17.0 Å². The van der Waals surface area contributed by atoms with E-state index in [1.807, 2.05) is 31.2 Å². The Hall–Kier alpha value is -2.56. The number of hydrogen-bond acceptors (Lipinski definition) is 3. The van der Waals surface area contributed by atoms with Gasteiger partial charge in [0.25, 0.3) is 5.56 Å². The number of aryl methyl sites for hydroxylation is 3. The van der Waals surface area contributed by atoms with E-state index in [-0.39, 0.29) is 5.56 Å². The van der Waals surface area contributed by atoms with E-state index in [4.69, 9.17) is 16.6 Å². The molecule has 0 saturated heterocycles. The van der Waals surface area contributed by atoms with Crippen LogP contribution in [0.15, 0.2) is 70.6 Å². The monoisotopic (exact) mass is 420 g/mol. The van der Waals surface area contributed by atoms with Crippen LogP contribution in [0, 0.1) is 20.8 Å². The summed E-state index contributed by atoms with van der Waals surface area (Å²) in [6, 6.07) is 19.6. The molecule has 0 radical (unpaired) electrons. The van der Waals surface area contributed by atoms with Crippen molar-refractivity contribution in [1.82, 2.24) is 9.55 Å². The molecule has 3 nitrogen and oxygen atoms in total. The highest BCUT2D eigenvalue weighted by atomic mass is 35.5. The third-order valence-electron chi connectivity index (χ3n) is 5.02. The fourth-order valence-electron chi connectivity index (χ4n) is 3.36. The lowest BCUT2D eigenvalue weighted by Gasteiger charge is -2.16. The smallest absolute Gasteiger partial charge is 0.266 e. The van der Waals surface area contributed by atoms with Crippen LogP contribution in [0.5, 0.6) is 0 Å². The zero-order chi connectivity index (χ0) is 20.5. The van der Waals surface area contributed by atoms with Gasteiger partial charge in [-0.3, -0.25) is 9.36 Å². The molecule has 0 aliphatic rings. The lowest BCUT2D eigenvalue weighted by atomic mass is 10.1. The van der Waals surface area contributed by atoms with E-state index >= 15 is 0 Å². The van der Waals surface area contributed by atoms with Crippen LogP contribution in [0.25, 0.3) is 16.6 Å². The minimum Gasteiger partial charge on any atom is -0.268 e. The second kappa shape index (κ2) is 8.05. The van der Waals surface area contributed by atoms with Crippen molar-refractivity contribution in [3.63, 3.8) is 0 Å². The van der Waals surface area contributed by atoms with Crippen LogP contribution in [0.4, 0.5) is 0 Å². The Balaban J connectivity index is 1.89. The Kier molecular flexibility index (Phi) is 5.48. The van der Waals surface area contributed by atoms with E-state index in [0.29, 0.717) is 21.1 Å². The molecule has 0 aliphatic carbocycles. The van der Waals surface area contributed by atoms with Crippen LogP contribution in [0.2, 0.25) is 5.02 Å². The highest BCUT2D eigenvalue weighted by molar-refractivity contribution is 7.98. The van der Waals surface area contributed by atoms with Crippen LogP contribution in [-0.2, 0) is 5.75 Å². The Morgan fingerprint density at radius 1 is 0.966 bits per heavy atom. The van der Waals surface area contributed by atoms with Gasteiger partial charge in [0.05, 0.1) is 16.6 Å². The standard InChI is InChI=1S/C24H21ClN2OS/c1-15-8-9-16(2)18(12-15)14-29-24-26-21-13-19(25)10-11-20(21)23(28)27(24)22-7-5-4-6-17(22)3/h4-13H,14H2,1-3H3. The van der Waals surface area contributed by atoms with Crippen LogP contribution in [0.3, 0.4) is 0 Å². The summed E-state index contributed by atoms with van der Waals surface area (Å²) in [4.78, 5) is 18.2. The molecule has 1 heterocycles. The van der Waals surface area contributed by atoms with Crippen molar-refractivity contribution in [3.8, 4) is 5.69 Å². The van der Waals surface area contributed by atoms with Gasteiger partial charge >= 0.3 is 0 Å². The topological polar surface area (TPSA) is 34.9 Å². The van der Waals surface area contributed by atoms with Crippen molar-refractivity contribution in [1.29, 1.82) is 0 Å². The molecule has 0 amide bonds. The third kappa shape index (κ3) is 3.96. The molecule has 29 heavy (non-hydrogen) atoms. The molecule has 0 bridgehead atoms. The molecule has 0 N–H and O–H groups in total. The lowest BCUT2D eigenvalue weighted by Crippen LogP contribution is -2.22. The van der Waals surface area contributed by atoms with E-state index in [9.17, 15) is 4.79 Å². The summed E-state index contributed by atoms with van der Waals surface area (Å²) >= 11 is 7.73. The largest absolute Gasteiger partial charge is 0.268 e. The quantitative estimate of drug-likeness (QED) is 0.289. The first kappa shape index (κ1) is 19.7. The second-order valence-electron chi connectivity index (χ2n) is 7.20. The lowest BCUT2D eigenvalue weighted by molar-refractivity contribution is 0.814. The van der Waals surface area contributed by atoms with Crippen molar-refractivity contribution in [3.05, 3.63) is 98.3 Å². The number of nitrogens with zero attached hydrogens (tertiary/aromatic N) is 2. The normalized spacial score (nSPS) is 11.2. The van der Waals surface area contributed by atoms with Crippen molar-refractivity contribution >= 4 is 34.3 Å². The third-order valence-corrected chi connectivity index (χ3v) is 6.24. The number of thioether (sulfide) groups is 1. The van der Waals surface area contributed by atoms with Crippen molar-refractivity contribution in [2.45, 2.75) is 31.7 Å². The fraction of sp³-hybridized carbons (Fsp3) is 0.167. The zero-order valence-electron chi connectivity index (χ0n) is 16.6. The molecule has 4 rings (SSSR count). The SMILES string of the molecule is Cc1ccc(C)c(CSc2nc3cc(Cl)ccc3c(=O)n2-c2ccccc2C)c1. The highest BCUT2D eigenvalue weighted by Crippen LogP contribution is 2.28. The van der Waals surface area contributed by atoms with E-state index in [2.05, 4.69) is 32.0 Å². The van der Waals surface area contributed by atoms with Gasteiger partial charge in [-0.1, -0.05) is 65.3 Å². The Labute approximate surface area is 179 Å². The van der Waals surface area contributed by atoms with Crippen LogP contribution < -0.4 is 5.56 Å². The number of aromatic nitrogens is 2. The van der Waals surface area contributed by atoms with E-state index < -0.39 is 0 Å². The van der Waals surface area contributed by atoms with Crippen LogP contribution in [0.1, 0.15) is 22.3 Å². The number of benzene rings is 3. The number of para-hydroxylation sites is 1. The first-order chi connectivity index (χ1) is 13.9. The number of fused-ring (bicyclic) bond motifs is 1. The van der Waals surface area contributed by atoms with Crippen LogP contribution in [-0.4, -0.2) is 9.55 Å². The summed E-state index contributed by atoms with van der Waals surface area (Å²) in [6.45, 7) is 6.21. The molecule has 0 unspecified atom stereocenters. The van der Waals surface area contributed by atoms with Crippen LogP contribution >= 0.6 is 23.4 Å². The van der Waals surface area contributed by atoms with Gasteiger partial charge < -0.3 is 0 Å².